The first-order chi connectivity index (χ1) is 12.7. The fourth-order valence-electron chi connectivity index (χ4n) is 3.33. The largest absolute Gasteiger partial charge is 0.623 e. The molecule has 0 N–H and O–H groups in total. The van der Waals surface area contributed by atoms with Crippen LogP contribution in [0.1, 0.15) is 37.7 Å². The van der Waals surface area contributed by atoms with Gasteiger partial charge >= 0.3 is 5.97 Å². The summed E-state index contributed by atoms with van der Waals surface area (Å²) in [5, 5.41) is 11.7. The van der Waals surface area contributed by atoms with Crippen LogP contribution in [-0.4, -0.2) is 42.0 Å². The molecule has 1 unspecified atom stereocenters. The molecule has 1 aromatic rings. The van der Waals surface area contributed by atoms with Crippen LogP contribution in [-0.2, 0) is 25.5 Å². The van der Waals surface area contributed by atoms with E-state index >= 15 is 0 Å². The monoisotopic (exact) mass is 359 g/mol. The molecule has 2 aliphatic rings. The Kier molecular flexibility index (Phi) is 6.41. The van der Waals surface area contributed by atoms with E-state index in [4.69, 9.17) is 14.2 Å². The summed E-state index contributed by atoms with van der Waals surface area (Å²) in [7, 11) is 0. The molecule has 1 aliphatic carbocycles. The molecular weight excluding hydrogens is 334 g/mol. The van der Waals surface area contributed by atoms with Crippen LogP contribution in [0.3, 0.4) is 0 Å². The number of hydroxylamine groups is 1. The summed E-state index contributed by atoms with van der Waals surface area (Å²) in [6.45, 7) is 0.741. The van der Waals surface area contributed by atoms with E-state index in [0.717, 1.165) is 37.5 Å². The Morgan fingerprint density at radius 2 is 2.04 bits per heavy atom. The Labute approximate surface area is 153 Å². The molecule has 0 bridgehead atoms. The van der Waals surface area contributed by atoms with Crippen LogP contribution >= 0.6 is 0 Å². The lowest BCUT2D eigenvalue weighted by Crippen LogP contribution is -2.33. The second-order valence-corrected chi connectivity index (χ2v) is 6.69. The van der Waals surface area contributed by atoms with Crippen molar-refractivity contribution < 1.29 is 23.7 Å². The summed E-state index contributed by atoms with van der Waals surface area (Å²) < 4.78 is 17.5. The van der Waals surface area contributed by atoms with Crippen molar-refractivity contribution >= 4 is 12.2 Å². The van der Waals surface area contributed by atoms with Crippen LogP contribution in [0, 0.1) is 5.21 Å². The van der Waals surface area contributed by atoms with E-state index < -0.39 is 11.8 Å². The quantitative estimate of drug-likeness (QED) is 0.195. The van der Waals surface area contributed by atoms with E-state index in [1.54, 1.807) is 6.08 Å². The molecule has 1 atom stereocenters. The maximum absolute atomic E-state index is 11.7. The zero-order valence-electron chi connectivity index (χ0n) is 14.8. The molecule has 1 saturated carbocycles. The van der Waals surface area contributed by atoms with Crippen molar-refractivity contribution in [3.63, 3.8) is 0 Å². The molecule has 1 aromatic carbocycles. The fourth-order valence-corrected chi connectivity index (χ4v) is 3.33. The molecule has 26 heavy (non-hydrogen) atoms. The SMILES string of the molecule is O=C(/C=[N+](\[O-])Cc1ccccc1)OC/C=C/C1COC2(CCCCC2)O1. The Balaban J connectivity index is 1.38. The second kappa shape index (κ2) is 8.96. The standard InChI is InChI=1S/C20H25NO5/c22-19(15-21(23)14-17-8-3-1-4-9-17)24-13-7-10-18-16-25-20(26-18)11-5-2-6-12-20/h1,3-4,7-10,15,18H,2,5-6,11-14,16H2/b10-7+,21-15-. The van der Waals surface area contributed by atoms with Crippen LogP contribution in [0.15, 0.2) is 42.5 Å². The van der Waals surface area contributed by atoms with Crippen molar-refractivity contribution in [3.05, 3.63) is 53.3 Å². The Bertz CT molecular complexity index is 649. The minimum atomic E-state index is -0.659. The molecule has 6 heteroatoms. The maximum atomic E-state index is 11.7. The highest BCUT2D eigenvalue weighted by atomic mass is 16.7. The van der Waals surface area contributed by atoms with Crippen LogP contribution in [0.2, 0.25) is 0 Å². The van der Waals surface area contributed by atoms with Crippen molar-refractivity contribution in [2.45, 2.75) is 50.5 Å². The fraction of sp³-hybridized carbons (Fsp3) is 0.500. The first kappa shape index (κ1) is 18.6. The van der Waals surface area contributed by atoms with Crippen LogP contribution < -0.4 is 0 Å². The summed E-state index contributed by atoms with van der Waals surface area (Å²) >= 11 is 0. The van der Waals surface area contributed by atoms with Crippen LogP contribution in [0.25, 0.3) is 0 Å². The highest BCUT2D eigenvalue weighted by molar-refractivity contribution is 6.20. The molecule has 0 aromatic heterocycles. The lowest BCUT2D eigenvalue weighted by atomic mass is 9.94. The number of nitrogens with zero attached hydrogens (tertiary/aromatic N) is 1. The van der Waals surface area contributed by atoms with Crippen molar-refractivity contribution in [1.29, 1.82) is 0 Å². The second-order valence-electron chi connectivity index (χ2n) is 6.69. The minimum absolute atomic E-state index is 0.0986. The highest BCUT2D eigenvalue weighted by Gasteiger charge is 2.41. The number of esters is 1. The summed E-state index contributed by atoms with van der Waals surface area (Å²) in [5.41, 5.74) is 0.835. The molecule has 3 rings (SSSR count). The average molecular weight is 359 g/mol. The number of rotatable bonds is 6. The molecule has 0 amide bonds. The summed E-state index contributed by atoms with van der Waals surface area (Å²) in [6, 6.07) is 9.22. The number of ether oxygens (including phenoxy) is 3. The minimum Gasteiger partial charge on any atom is -0.623 e. The van der Waals surface area contributed by atoms with E-state index in [1.807, 2.05) is 36.4 Å². The highest BCUT2D eigenvalue weighted by Crippen LogP contribution is 2.37. The van der Waals surface area contributed by atoms with E-state index in [1.165, 1.54) is 6.42 Å². The van der Waals surface area contributed by atoms with Gasteiger partial charge in [-0.3, -0.25) is 0 Å². The van der Waals surface area contributed by atoms with Crippen molar-refractivity contribution in [1.82, 2.24) is 0 Å². The molecule has 1 heterocycles. The van der Waals surface area contributed by atoms with Gasteiger partial charge in [0.15, 0.2) is 12.3 Å². The molecule has 2 fully saturated rings. The van der Waals surface area contributed by atoms with Crippen molar-refractivity contribution in [2.24, 2.45) is 0 Å². The van der Waals surface area contributed by atoms with E-state index in [9.17, 15) is 10.0 Å². The number of hydrogen-bond donors (Lipinski definition) is 0. The van der Waals surface area contributed by atoms with E-state index in [2.05, 4.69) is 0 Å². The summed E-state index contributed by atoms with van der Waals surface area (Å²) in [4.78, 5) is 11.7. The molecule has 1 spiro atoms. The van der Waals surface area contributed by atoms with E-state index in [-0.39, 0.29) is 19.3 Å². The third kappa shape index (κ3) is 5.41. The molecule has 1 saturated heterocycles. The normalized spacial score (nSPS) is 22.8. The lowest BCUT2D eigenvalue weighted by molar-refractivity contribution is -0.469. The first-order valence-electron chi connectivity index (χ1n) is 9.13. The maximum Gasteiger partial charge on any atom is 0.396 e. The molecule has 140 valence electrons. The van der Waals surface area contributed by atoms with Gasteiger partial charge in [0, 0.05) is 18.4 Å². The van der Waals surface area contributed by atoms with Gasteiger partial charge < -0.3 is 19.4 Å². The Hall–Kier alpha value is -2.18. The van der Waals surface area contributed by atoms with Gasteiger partial charge in [0.2, 0.25) is 0 Å². The predicted molar refractivity (Wildman–Crippen MR) is 96.6 cm³/mol. The number of benzene rings is 1. The van der Waals surface area contributed by atoms with Gasteiger partial charge in [0.05, 0.1) is 6.61 Å². The number of carbonyl (C=O) groups excluding carboxylic acids is 1. The average Bonchev–Trinajstić information content (AvgIpc) is 3.02. The van der Waals surface area contributed by atoms with Gasteiger partial charge in [-0.05, 0) is 18.9 Å². The lowest BCUT2D eigenvalue weighted by Gasteiger charge is -2.31. The van der Waals surface area contributed by atoms with Gasteiger partial charge in [-0.15, -0.1) is 0 Å². The number of carbonyl (C=O) groups is 1. The van der Waals surface area contributed by atoms with Crippen molar-refractivity contribution in [3.8, 4) is 0 Å². The van der Waals surface area contributed by atoms with Crippen LogP contribution in [0.5, 0.6) is 0 Å². The third-order valence-corrected chi connectivity index (χ3v) is 4.60. The summed E-state index contributed by atoms with van der Waals surface area (Å²) in [6.07, 6.45) is 9.81. The van der Waals surface area contributed by atoms with Crippen LogP contribution in [0.4, 0.5) is 0 Å². The van der Waals surface area contributed by atoms with Gasteiger partial charge in [-0.2, -0.15) is 0 Å². The zero-order chi connectivity index (χ0) is 18.2. The predicted octanol–water partition coefficient (Wildman–Crippen LogP) is 2.94. The molecular formula is C20H25NO5. The van der Waals surface area contributed by atoms with E-state index in [0.29, 0.717) is 11.3 Å². The van der Waals surface area contributed by atoms with Crippen molar-refractivity contribution in [2.75, 3.05) is 13.2 Å². The molecule has 0 radical (unpaired) electrons. The van der Waals surface area contributed by atoms with Gasteiger partial charge in [0.25, 0.3) is 6.21 Å². The van der Waals surface area contributed by atoms with Gasteiger partial charge in [-0.1, -0.05) is 42.8 Å². The summed E-state index contributed by atoms with van der Waals surface area (Å²) in [5.74, 6) is -1.06. The first-order valence-corrected chi connectivity index (χ1v) is 9.13. The smallest absolute Gasteiger partial charge is 0.396 e. The molecule has 1 aliphatic heterocycles. The number of hydrogen-bond acceptors (Lipinski definition) is 5. The zero-order valence-corrected chi connectivity index (χ0v) is 14.8. The topological polar surface area (TPSA) is 70.8 Å². The Morgan fingerprint density at radius 3 is 2.81 bits per heavy atom. The molecule has 6 nitrogen and oxygen atoms in total. The van der Waals surface area contributed by atoms with Gasteiger partial charge in [0.1, 0.15) is 12.7 Å². The third-order valence-electron chi connectivity index (χ3n) is 4.60. The van der Waals surface area contributed by atoms with Gasteiger partial charge in [-0.25, -0.2) is 9.53 Å². The Morgan fingerprint density at radius 1 is 1.27 bits per heavy atom.